The van der Waals surface area contributed by atoms with E-state index in [0.29, 0.717) is 69.3 Å². The molecule has 1 aliphatic heterocycles. The zero-order valence-electron chi connectivity index (χ0n) is 25.4. The second-order valence-electron chi connectivity index (χ2n) is 9.81. The second-order valence-corrected chi connectivity index (χ2v) is 11.3. The Hall–Kier alpha value is -4.54. The third-order valence-electron chi connectivity index (χ3n) is 6.86. The van der Waals surface area contributed by atoms with Crippen molar-refractivity contribution in [3.8, 4) is 23.0 Å². The van der Waals surface area contributed by atoms with Gasteiger partial charge in [0.1, 0.15) is 6.61 Å². The summed E-state index contributed by atoms with van der Waals surface area (Å²) in [6.45, 7) is 7.28. The summed E-state index contributed by atoms with van der Waals surface area (Å²) in [6, 6.07) is 17.5. The Bertz CT molecular complexity index is 1910. The predicted octanol–water partition coefficient (Wildman–Crippen LogP) is 5.45. The maximum absolute atomic E-state index is 14.0. The molecule has 11 heteroatoms. The van der Waals surface area contributed by atoms with Crippen molar-refractivity contribution < 1.29 is 28.5 Å². The Morgan fingerprint density at radius 1 is 0.911 bits per heavy atom. The number of esters is 1. The molecule has 1 atom stereocenters. The smallest absolute Gasteiger partial charge is 0.337 e. The highest BCUT2D eigenvalue weighted by Crippen LogP contribution is 2.35. The monoisotopic (exact) mass is 648 g/mol. The van der Waals surface area contributed by atoms with Crippen LogP contribution >= 0.6 is 22.9 Å². The van der Waals surface area contributed by atoms with Crippen LogP contribution in [0.2, 0.25) is 5.02 Å². The Morgan fingerprint density at radius 2 is 1.60 bits per heavy atom. The Balaban J connectivity index is 1.54. The zero-order valence-corrected chi connectivity index (χ0v) is 26.9. The number of nitrogens with zero attached hydrogens (tertiary/aromatic N) is 2. The Labute approximate surface area is 269 Å². The number of fused-ring (bicyclic) bond motifs is 1. The lowest BCUT2D eigenvalue weighted by atomic mass is 9.97. The first-order chi connectivity index (χ1) is 21.9. The fourth-order valence-corrected chi connectivity index (χ4v) is 6.11. The van der Waals surface area contributed by atoms with Crippen LogP contribution in [0.5, 0.6) is 23.0 Å². The molecule has 0 N–H and O–H groups in total. The number of halogens is 1. The second kappa shape index (κ2) is 14.5. The molecule has 0 spiro atoms. The summed E-state index contributed by atoms with van der Waals surface area (Å²) in [7, 11) is 1.30. The van der Waals surface area contributed by atoms with Crippen molar-refractivity contribution in [3.63, 3.8) is 0 Å². The molecule has 0 bridgehead atoms. The van der Waals surface area contributed by atoms with Gasteiger partial charge < -0.3 is 23.7 Å². The van der Waals surface area contributed by atoms with E-state index >= 15 is 0 Å². The zero-order chi connectivity index (χ0) is 31.9. The van der Waals surface area contributed by atoms with E-state index in [-0.39, 0.29) is 11.1 Å². The molecule has 9 nitrogen and oxygen atoms in total. The molecule has 0 unspecified atom stereocenters. The van der Waals surface area contributed by atoms with E-state index in [1.54, 1.807) is 18.2 Å². The summed E-state index contributed by atoms with van der Waals surface area (Å²) < 4.78 is 30.5. The van der Waals surface area contributed by atoms with Crippen molar-refractivity contribution in [2.75, 3.05) is 26.9 Å². The molecule has 0 amide bonds. The van der Waals surface area contributed by atoms with E-state index in [2.05, 4.69) is 4.99 Å². The minimum Gasteiger partial charge on any atom is -0.490 e. The molecule has 0 saturated heterocycles. The van der Waals surface area contributed by atoms with Gasteiger partial charge in [-0.2, -0.15) is 0 Å². The molecular weight excluding hydrogens is 616 g/mol. The van der Waals surface area contributed by atoms with Crippen molar-refractivity contribution in [1.29, 1.82) is 0 Å². The van der Waals surface area contributed by atoms with Gasteiger partial charge in [0, 0.05) is 11.2 Å². The van der Waals surface area contributed by atoms with Crippen molar-refractivity contribution in [1.82, 2.24) is 4.57 Å². The maximum atomic E-state index is 14.0. The molecule has 0 fully saturated rings. The van der Waals surface area contributed by atoms with Crippen LogP contribution in [-0.4, -0.2) is 37.5 Å². The SMILES string of the molecule is CCOc1ccc([C@@H]2C(C(=O)OC)=CN=c3s/c(=C/c4ccc(OCc5cccc(Cl)c5)c(OCC)c4)c(=O)n32)cc1OCC. The van der Waals surface area contributed by atoms with Crippen LogP contribution < -0.4 is 33.8 Å². The van der Waals surface area contributed by atoms with Crippen LogP contribution in [0.1, 0.15) is 43.5 Å². The van der Waals surface area contributed by atoms with Gasteiger partial charge in [0.25, 0.3) is 5.56 Å². The number of thiazole rings is 1. The normalized spacial score (nSPS) is 14.2. The number of hydrogen-bond donors (Lipinski definition) is 0. The van der Waals surface area contributed by atoms with Crippen molar-refractivity contribution in [3.05, 3.63) is 114 Å². The largest absolute Gasteiger partial charge is 0.490 e. The molecule has 1 aromatic heterocycles. The van der Waals surface area contributed by atoms with E-state index < -0.39 is 12.0 Å². The lowest BCUT2D eigenvalue weighted by molar-refractivity contribution is -0.136. The Morgan fingerprint density at radius 3 is 2.31 bits per heavy atom. The quantitative estimate of drug-likeness (QED) is 0.189. The first-order valence-corrected chi connectivity index (χ1v) is 15.7. The van der Waals surface area contributed by atoms with Crippen LogP contribution in [0.3, 0.4) is 0 Å². The lowest BCUT2D eigenvalue weighted by Gasteiger charge is -2.23. The van der Waals surface area contributed by atoms with Gasteiger partial charge in [-0.05, 0) is 79.9 Å². The van der Waals surface area contributed by atoms with Crippen LogP contribution in [0, 0.1) is 0 Å². The molecule has 3 aromatic carbocycles. The first-order valence-electron chi connectivity index (χ1n) is 14.5. The minimum atomic E-state index is -0.785. The van der Waals surface area contributed by atoms with Crippen LogP contribution in [0.15, 0.2) is 82.2 Å². The number of rotatable bonds is 12. The van der Waals surface area contributed by atoms with Crippen LogP contribution in [0.25, 0.3) is 6.08 Å². The van der Waals surface area contributed by atoms with E-state index in [0.717, 1.165) is 11.1 Å². The Kier molecular flexibility index (Phi) is 10.3. The van der Waals surface area contributed by atoms with Gasteiger partial charge in [-0.1, -0.05) is 47.2 Å². The summed E-state index contributed by atoms with van der Waals surface area (Å²) >= 11 is 7.34. The van der Waals surface area contributed by atoms with E-state index in [1.165, 1.54) is 29.2 Å². The van der Waals surface area contributed by atoms with Gasteiger partial charge >= 0.3 is 5.97 Å². The number of ether oxygens (including phenoxy) is 5. The highest BCUT2D eigenvalue weighted by Gasteiger charge is 2.31. The molecule has 0 aliphatic carbocycles. The molecule has 0 radical (unpaired) electrons. The van der Waals surface area contributed by atoms with Gasteiger partial charge in [0.2, 0.25) is 0 Å². The number of carbonyl (C=O) groups excluding carboxylic acids is 1. The average Bonchev–Trinajstić information content (AvgIpc) is 3.35. The van der Waals surface area contributed by atoms with Crippen LogP contribution in [-0.2, 0) is 16.1 Å². The van der Waals surface area contributed by atoms with Crippen molar-refractivity contribution >= 4 is 35.0 Å². The third kappa shape index (κ3) is 7.08. The highest BCUT2D eigenvalue weighted by molar-refractivity contribution is 7.07. The molecule has 1 aliphatic rings. The van der Waals surface area contributed by atoms with Crippen molar-refractivity contribution in [2.24, 2.45) is 4.99 Å². The van der Waals surface area contributed by atoms with Gasteiger partial charge in [-0.3, -0.25) is 9.36 Å². The highest BCUT2D eigenvalue weighted by atomic mass is 35.5. The average molecular weight is 649 g/mol. The predicted molar refractivity (Wildman–Crippen MR) is 173 cm³/mol. The number of benzene rings is 3. The fourth-order valence-electron chi connectivity index (χ4n) is 4.93. The summed E-state index contributed by atoms with van der Waals surface area (Å²) in [5.41, 5.74) is 2.24. The van der Waals surface area contributed by atoms with E-state index in [9.17, 15) is 9.59 Å². The summed E-state index contributed by atoms with van der Waals surface area (Å²) in [6.07, 6.45) is 3.23. The molecule has 0 saturated carbocycles. The molecular formula is C34H33ClN2O7S. The molecule has 4 aromatic rings. The molecule has 2 heterocycles. The lowest BCUT2D eigenvalue weighted by Crippen LogP contribution is -2.39. The molecule has 234 valence electrons. The standard InChI is InChI=1S/C34H33ClN2O7S/c1-5-41-26-14-12-23(18-29(26)43-7-3)31-25(33(39)40-4)19-36-34-37(31)32(38)30(45-34)17-21-11-13-27(28(16-21)42-6-2)44-20-22-9-8-10-24(35)15-22/h8-19,31H,5-7,20H2,1-4H3/b30-17+/t31-/m1/s1. The van der Waals surface area contributed by atoms with Gasteiger partial charge in [0.05, 0.1) is 43.1 Å². The number of carbonyl (C=O) groups is 1. The minimum absolute atomic E-state index is 0.225. The van der Waals surface area contributed by atoms with E-state index in [1.807, 2.05) is 69.3 Å². The number of methoxy groups -OCH3 is 1. The maximum Gasteiger partial charge on any atom is 0.337 e. The fraction of sp³-hybridized carbons (Fsp3) is 0.265. The van der Waals surface area contributed by atoms with Gasteiger partial charge in [-0.25, -0.2) is 9.79 Å². The first kappa shape index (κ1) is 31.9. The van der Waals surface area contributed by atoms with Gasteiger partial charge in [-0.15, -0.1) is 0 Å². The molecule has 5 rings (SSSR count). The third-order valence-corrected chi connectivity index (χ3v) is 8.09. The summed E-state index contributed by atoms with van der Waals surface area (Å²) in [4.78, 5) is 31.8. The van der Waals surface area contributed by atoms with Gasteiger partial charge in [0.15, 0.2) is 27.8 Å². The van der Waals surface area contributed by atoms with E-state index in [4.69, 9.17) is 35.3 Å². The van der Waals surface area contributed by atoms with Crippen LogP contribution in [0.4, 0.5) is 0 Å². The number of hydrogen-bond acceptors (Lipinski definition) is 9. The van der Waals surface area contributed by atoms with Crippen molar-refractivity contribution in [2.45, 2.75) is 33.4 Å². The summed E-state index contributed by atoms with van der Waals surface area (Å²) in [5, 5.41) is 0.635. The topological polar surface area (TPSA) is 97.6 Å². The molecule has 45 heavy (non-hydrogen) atoms. The number of aromatic nitrogens is 1. The summed E-state index contributed by atoms with van der Waals surface area (Å²) in [5.74, 6) is 1.62.